The van der Waals surface area contributed by atoms with Crippen LogP contribution in [0, 0.1) is 0 Å². The van der Waals surface area contributed by atoms with Crippen LogP contribution in [0.2, 0.25) is 0 Å². The molecule has 2 aliphatic heterocycles. The number of ketones is 1. The first kappa shape index (κ1) is 37.2. The molecule has 2 aromatic rings. The van der Waals surface area contributed by atoms with Crippen LogP contribution in [0.4, 0.5) is 11.4 Å². The highest BCUT2D eigenvalue weighted by atomic mass is 32.2. The Hall–Kier alpha value is -4.11. The number of unbranched alkanes of at least 4 members (excludes halogenated alkanes) is 3. The molecule has 3 aliphatic rings. The summed E-state index contributed by atoms with van der Waals surface area (Å²) >= 11 is 0. The maximum atomic E-state index is 13.8. The van der Waals surface area contributed by atoms with Gasteiger partial charge in [-0.25, -0.2) is 0 Å². The van der Waals surface area contributed by atoms with Crippen LogP contribution in [0.3, 0.4) is 0 Å². The third-order valence-electron chi connectivity index (χ3n) is 9.89. The monoisotopic (exact) mass is 727 g/mol. The third-order valence-corrected chi connectivity index (χ3v) is 11.6. The normalized spacial score (nSPS) is 19.7. The van der Waals surface area contributed by atoms with Crippen LogP contribution in [0.1, 0.15) is 84.3 Å². The van der Waals surface area contributed by atoms with Crippen molar-refractivity contribution >= 4 is 49.1 Å². The fraction of sp³-hybridized carbons (Fsp3) is 0.417. The molecule has 0 atom stereocenters. The summed E-state index contributed by atoms with van der Waals surface area (Å²) in [6.07, 6.45) is 6.64. The summed E-state index contributed by atoms with van der Waals surface area (Å²) in [7, 11) is -8.95. The summed E-state index contributed by atoms with van der Waals surface area (Å²) in [5.41, 5.74) is 2.50. The number of carbonyl (C=O) groups excluding carboxylic acids is 1. The van der Waals surface area contributed by atoms with Crippen molar-refractivity contribution in [2.75, 3.05) is 18.0 Å². The number of rotatable bonds is 13. The Labute approximate surface area is 292 Å². The maximum Gasteiger partial charge on any atom is 0.303 e. The minimum absolute atomic E-state index is 0.0331. The van der Waals surface area contributed by atoms with Gasteiger partial charge in [-0.05, 0) is 75.1 Å². The Morgan fingerprint density at radius 1 is 0.860 bits per heavy atom. The molecule has 1 aliphatic carbocycles. The van der Waals surface area contributed by atoms with E-state index in [-0.39, 0.29) is 33.1 Å². The van der Waals surface area contributed by atoms with Crippen molar-refractivity contribution in [1.82, 2.24) is 0 Å². The molecule has 14 heteroatoms. The van der Waals surface area contributed by atoms with Crippen molar-refractivity contribution < 1.29 is 50.3 Å². The molecule has 2 heterocycles. The molecule has 12 nitrogen and oxygen atoms in total. The zero-order chi connectivity index (χ0) is 37.0. The molecule has 0 saturated heterocycles. The first-order valence-electron chi connectivity index (χ1n) is 16.5. The highest BCUT2D eigenvalue weighted by molar-refractivity contribution is 7.86. The average molecular weight is 728 g/mol. The van der Waals surface area contributed by atoms with Crippen LogP contribution >= 0.6 is 0 Å². The quantitative estimate of drug-likeness (QED) is 0.0819. The molecule has 268 valence electrons. The van der Waals surface area contributed by atoms with Gasteiger partial charge in [0, 0.05) is 53.9 Å². The summed E-state index contributed by atoms with van der Waals surface area (Å²) in [5.74, 6) is -1.51. The van der Waals surface area contributed by atoms with E-state index in [4.69, 9.17) is 5.11 Å². The van der Waals surface area contributed by atoms with E-state index in [0.29, 0.717) is 60.6 Å². The van der Waals surface area contributed by atoms with E-state index in [1.54, 1.807) is 24.3 Å². The Kier molecular flexibility index (Phi) is 9.82. The minimum Gasteiger partial charge on any atom is -0.506 e. The Balaban J connectivity index is 1.57. The number of allylic oxidation sites excluding steroid dienone is 5. The number of carboxylic acid groups (broad SMARTS) is 1. The molecule has 0 saturated carbocycles. The number of aliphatic hydroxyl groups excluding tert-OH is 1. The van der Waals surface area contributed by atoms with E-state index in [1.807, 2.05) is 44.1 Å². The molecule has 4 N–H and O–H groups in total. The number of hydrogen-bond acceptors (Lipinski definition) is 8. The molecule has 50 heavy (non-hydrogen) atoms. The van der Waals surface area contributed by atoms with Gasteiger partial charge in [0.15, 0.2) is 5.71 Å². The van der Waals surface area contributed by atoms with Crippen molar-refractivity contribution in [3.05, 3.63) is 82.3 Å². The van der Waals surface area contributed by atoms with Gasteiger partial charge in [-0.15, -0.1) is 0 Å². The SMILES string of the molecule is CCCCN1C(=CC2=C(O)C(=CC3=[N+](CCCCCC(=O)O)c4ccc(S(=O)(=O)O)cc4C3(C)C)C2=O)C(C)(C)c2cc(S(=O)(=O)O)ccc21. The van der Waals surface area contributed by atoms with Gasteiger partial charge in [-0.1, -0.05) is 27.2 Å². The van der Waals surface area contributed by atoms with Gasteiger partial charge >= 0.3 is 5.97 Å². The van der Waals surface area contributed by atoms with Gasteiger partial charge in [0.1, 0.15) is 12.3 Å². The van der Waals surface area contributed by atoms with Gasteiger partial charge in [-0.2, -0.15) is 21.4 Å². The fourth-order valence-corrected chi connectivity index (χ4v) is 8.07. The molecule has 0 aromatic heterocycles. The highest BCUT2D eigenvalue weighted by Crippen LogP contribution is 2.50. The number of benzene rings is 2. The molecular formula is C36H43N2O10S2+. The number of fused-ring (bicyclic) bond motifs is 2. The van der Waals surface area contributed by atoms with Gasteiger partial charge in [0.2, 0.25) is 11.5 Å². The molecule has 2 aromatic carbocycles. The van der Waals surface area contributed by atoms with Crippen molar-refractivity contribution in [3.8, 4) is 0 Å². The lowest BCUT2D eigenvalue weighted by molar-refractivity contribution is -0.438. The van der Waals surface area contributed by atoms with Crippen molar-refractivity contribution in [1.29, 1.82) is 0 Å². The number of carboxylic acids is 1. The third kappa shape index (κ3) is 6.69. The van der Waals surface area contributed by atoms with Crippen LogP contribution < -0.4 is 4.90 Å². The summed E-state index contributed by atoms with van der Waals surface area (Å²) in [5, 5.41) is 20.4. The van der Waals surface area contributed by atoms with E-state index < -0.39 is 42.8 Å². The zero-order valence-electron chi connectivity index (χ0n) is 28.7. The van der Waals surface area contributed by atoms with Crippen molar-refractivity contribution in [2.45, 2.75) is 93.8 Å². The number of hydrogen-bond donors (Lipinski definition) is 4. The topological polar surface area (TPSA) is 190 Å². The van der Waals surface area contributed by atoms with Crippen LogP contribution in [0.25, 0.3) is 0 Å². The Bertz CT molecular complexity index is 2140. The lowest BCUT2D eigenvalue weighted by atomic mass is 9.77. The fourth-order valence-electron chi connectivity index (χ4n) is 7.06. The predicted molar refractivity (Wildman–Crippen MR) is 188 cm³/mol. The second-order valence-corrected chi connectivity index (χ2v) is 16.8. The number of aliphatic carboxylic acids is 1. The molecule has 0 radical (unpaired) electrons. The zero-order valence-corrected chi connectivity index (χ0v) is 30.4. The molecule has 0 unspecified atom stereocenters. The molecular weight excluding hydrogens is 685 g/mol. The summed E-state index contributed by atoms with van der Waals surface area (Å²) in [6, 6.07) is 8.72. The minimum atomic E-state index is -4.50. The van der Waals surface area contributed by atoms with E-state index in [0.717, 1.165) is 18.5 Å². The lowest BCUT2D eigenvalue weighted by Gasteiger charge is -2.29. The Morgan fingerprint density at radius 3 is 2.06 bits per heavy atom. The highest BCUT2D eigenvalue weighted by Gasteiger charge is 2.48. The number of carbonyl (C=O) groups is 2. The second kappa shape index (κ2) is 13.2. The van der Waals surface area contributed by atoms with Gasteiger partial charge in [0.25, 0.3) is 20.2 Å². The lowest BCUT2D eigenvalue weighted by Crippen LogP contribution is -2.32. The van der Waals surface area contributed by atoms with Gasteiger partial charge < -0.3 is 15.1 Å². The van der Waals surface area contributed by atoms with Gasteiger partial charge in [0.05, 0.1) is 26.4 Å². The average Bonchev–Trinajstić information content (AvgIpc) is 3.37. The van der Waals surface area contributed by atoms with Crippen LogP contribution in [0.15, 0.2) is 80.9 Å². The molecule has 0 spiro atoms. The number of aliphatic hydroxyl groups is 1. The summed E-state index contributed by atoms with van der Waals surface area (Å²) in [6.45, 7) is 10.5. The van der Waals surface area contributed by atoms with Crippen LogP contribution in [0.5, 0.6) is 0 Å². The van der Waals surface area contributed by atoms with E-state index >= 15 is 0 Å². The molecule has 0 amide bonds. The summed E-state index contributed by atoms with van der Waals surface area (Å²) in [4.78, 5) is 26.3. The number of Topliss-reactive ketones (excluding diaryl/α,β-unsaturated/α-hetero) is 1. The standard InChI is InChI=1S/C36H42N2O10S2/c1-6-7-16-37-28-14-12-22(49(43,44)45)18-26(28)35(2,3)30(37)20-24-33(41)25(34(24)42)21-31-36(4,5)27-19-23(50(46,47)48)13-15-29(27)38(31)17-10-8-9-11-32(39)40/h12-15,18-21H,6-11,16-17H2,1-5H3,(H3-,39,40,41,42,43,44,45,46,47,48)/p+1. The predicted octanol–water partition coefficient (Wildman–Crippen LogP) is 6.00. The largest absolute Gasteiger partial charge is 0.506 e. The van der Waals surface area contributed by atoms with Crippen molar-refractivity contribution in [2.24, 2.45) is 0 Å². The van der Waals surface area contributed by atoms with E-state index in [1.165, 1.54) is 24.3 Å². The first-order valence-corrected chi connectivity index (χ1v) is 19.4. The van der Waals surface area contributed by atoms with Gasteiger partial charge in [-0.3, -0.25) is 18.7 Å². The summed E-state index contributed by atoms with van der Waals surface area (Å²) < 4.78 is 69.3. The first-order chi connectivity index (χ1) is 23.2. The van der Waals surface area contributed by atoms with Crippen molar-refractivity contribution in [3.63, 3.8) is 0 Å². The smallest absolute Gasteiger partial charge is 0.303 e. The van der Waals surface area contributed by atoms with E-state index in [9.17, 15) is 40.6 Å². The van der Waals surface area contributed by atoms with Crippen LogP contribution in [-0.4, -0.2) is 71.3 Å². The number of anilines is 1. The van der Waals surface area contributed by atoms with Crippen LogP contribution in [-0.2, 0) is 40.7 Å². The number of nitrogens with zero attached hydrogens (tertiary/aromatic N) is 2. The molecule has 5 rings (SSSR count). The molecule has 0 bridgehead atoms. The molecule has 0 fully saturated rings. The maximum absolute atomic E-state index is 13.8. The Morgan fingerprint density at radius 2 is 1.48 bits per heavy atom. The van der Waals surface area contributed by atoms with E-state index in [2.05, 4.69) is 0 Å². The second-order valence-electron chi connectivity index (χ2n) is 14.0.